The van der Waals surface area contributed by atoms with Gasteiger partial charge < -0.3 is 19.3 Å². The van der Waals surface area contributed by atoms with E-state index in [9.17, 15) is 9.18 Å². The lowest BCUT2D eigenvalue weighted by atomic mass is 10.2. The number of nitrogens with zero attached hydrogens (tertiary/aromatic N) is 6. The number of benzene rings is 1. The third-order valence-electron chi connectivity index (χ3n) is 5.22. The molecule has 0 saturated carbocycles. The Morgan fingerprint density at radius 1 is 1.24 bits per heavy atom. The summed E-state index contributed by atoms with van der Waals surface area (Å²) in [6.45, 7) is 6.53. The minimum absolute atomic E-state index is 0.0218. The second-order valence-corrected chi connectivity index (χ2v) is 9.62. The molecule has 1 aromatic carbocycles. The molecule has 1 amide bonds. The molecule has 0 unspecified atom stereocenters. The highest BCUT2D eigenvalue weighted by molar-refractivity contribution is 6.42. The molecule has 180 valence electrons. The Morgan fingerprint density at radius 2 is 2.00 bits per heavy atom. The van der Waals surface area contributed by atoms with Crippen molar-refractivity contribution in [3.63, 3.8) is 0 Å². The van der Waals surface area contributed by atoms with Crippen molar-refractivity contribution in [1.82, 2.24) is 24.8 Å². The molecule has 0 N–H and O–H groups in total. The molecule has 3 aromatic rings. The van der Waals surface area contributed by atoms with Gasteiger partial charge in [0.15, 0.2) is 17.1 Å². The van der Waals surface area contributed by atoms with E-state index in [0.29, 0.717) is 30.1 Å². The summed E-state index contributed by atoms with van der Waals surface area (Å²) >= 11 is 11.7. The number of likely N-dealkylation sites (N-methyl/N-ethyl adjacent to an activating group) is 1. The molecule has 0 aliphatic carbocycles. The molecule has 1 aliphatic rings. The standard InChI is InChI=1S/C22H23Cl2FN6O3/c1-22(2,3)34-21(32)31-8-7-12(10-31)30(4)20-26-9-14-18(29-20)19(28-11-27-14)33-15-6-5-13(23)16(24)17(15)25/h5-6,9,11-12H,7-8,10H2,1-4H3/t12-/m0/s1. The average Bonchev–Trinajstić information content (AvgIpc) is 3.28. The fourth-order valence-electron chi connectivity index (χ4n) is 3.47. The SMILES string of the molecule is CN(c1ncc2ncnc(Oc3ccc(Cl)c(Cl)c3F)c2n1)[C@H]1CCN(C(=O)OC(C)(C)C)C1. The van der Waals surface area contributed by atoms with Crippen molar-refractivity contribution < 1.29 is 18.7 Å². The lowest BCUT2D eigenvalue weighted by Crippen LogP contribution is -2.39. The van der Waals surface area contributed by atoms with E-state index in [0.717, 1.165) is 6.42 Å². The Bertz CT molecular complexity index is 1240. The molecule has 1 saturated heterocycles. The van der Waals surface area contributed by atoms with E-state index in [4.69, 9.17) is 32.7 Å². The first-order valence-electron chi connectivity index (χ1n) is 10.5. The first-order valence-corrected chi connectivity index (χ1v) is 11.3. The largest absolute Gasteiger partial charge is 0.444 e. The topological polar surface area (TPSA) is 93.6 Å². The van der Waals surface area contributed by atoms with Crippen LogP contribution in [0.3, 0.4) is 0 Å². The Kier molecular flexibility index (Phi) is 6.64. The van der Waals surface area contributed by atoms with Crippen molar-refractivity contribution in [2.75, 3.05) is 25.0 Å². The summed E-state index contributed by atoms with van der Waals surface area (Å²) in [5.74, 6) is -0.522. The van der Waals surface area contributed by atoms with E-state index < -0.39 is 11.4 Å². The highest BCUT2D eigenvalue weighted by atomic mass is 35.5. The molecule has 1 atom stereocenters. The third kappa shape index (κ3) is 5.07. The van der Waals surface area contributed by atoms with E-state index >= 15 is 0 Å². The highest BCUT2D eigenvalue weighted by Crippen LogP contribution is 2.35. The van der Waals surface area contributed by atoms with Gasteiger partial charge in [-0.2, -0.15) is 4.98 Å². The number of hydrogen-bond donors (Lipinski definition) is 0. The number of fused-ring (bicyclic) bond motifs is 1. The predicted molar refractivity (Wildman–Crippen MR) is 126 cm³/mol. The molecule has 2 aromatic heterocycles. The summed E-state index contributed by atoms with van der Waals surface area (Å²) in [4.78, 5) is 33.2. The van der Waals surface area contributed by atoms with Gasteiger partial charge in [0.25, 0.3) is 0 Å². The fraction of sp³-hybridized carbons (Fsp3) is 0.409. The number of aromatic nitrogens is 4. The minimum Gasteiger partial charge on any atom is -0.444 e. The van der Waals surface area contributed by atoms with Crippen molar-refractivity contribution in [3.05, 3.63) is 40.5 Å². The maximum atomic E-state index is 14.5. The van der Waals surface area contributed by atoms with Crippen LogP contribution in [0.25, 0.3) is 11.0 Å². The highest BCUT2D eigenvalue weighted by Gasteiger charge is 2.32. The zero-order chi connectivity index (χ0) is 24.6. The van der Waals surface area contributed by atoms with Gasteiger partial charge in [-0.05, 0) is 39.3 Å². The van der Waals surface area contributed by atoms with Crippen LogP contribution < -0.4 is 9.64 Å². The number of rotatable bonds is 4. The number of likely N-dealkylation sites (tertiary alicyclic amines) is 1. The van der Waals surface area contributed by atoms with Gasteiger partial charge in [-0.3, -0.25) is 0 Å². The van der Waals surface area contributed by atoms with Crippen LogP contribution in [-0.2, 0) is 4.74 Å². The van der Waals surface area contributed by atoms with Crippen LogP contribution in [-0.4, -0.2) is 62.7 Å². The predicted octanol–water partition coefficient (Wildman–Crippen LogP) is 5.10. The molecule has 0 spiro atoms. The number of amides is 1. The smallest absolute Gasteiger partial charge is 0.410 e. The maximum absolute atomic E-state index is 14.5. The Balaban J connectivity index is 1.57. The number of carbonyl (C=O) groups is 1. The summed E-state index contributed by atoms with van der Waals surface area (Å²) < 4.78 is 25.6. The van der Waals surface area contributed by atoms with E-state index in [1.54, 1.807) is 4.90 Å². The summed E-state index contributed by atoms with van der Waals surface area (Å²) in [5, 5.41) is -0.175. The average molecular weight is 509 g/mol. The van der Waals surface area contributed by atoms with Crippen molar-refractivity contribution in [2.24, 2.45) is 0 Å². The minimum atomic E-state index is -0.805. The van der Waals surface area contributed by atoms with Crippen LogP contribution >= 0.6 is 23.2 Å². The Morgan fingerprint density at radius 3 is 2.74 bits per heavy atom. The first kappa shape index (κ1) is 24.2. The summed E-state index contributed by atoms with van der Waals surface area (Å²) in [5.41, 5.74) is 0.156. The summed E-state index contributed by atoms with van der Waals surface area (Å²) in [6, 6.07) is 2.76. The molecule has 4 rings (SSSR count). The molecule has 1 fully saturated rings. The van der Waals surface area contributed by atoms with E-state index in [1.807, 2.05) is 32.7 Å². The van der Waals surface area contributed by atoms with Gasteiger partial charge in [-0.1, -0.05) is 23.2 Å². The second-order valence-electron chi connectivity index (χ2n) is 8.84. The van der Waals surface area contributed by atoms with Crippen LogP contribution in [0, 0.1) is 5.82 Å². The fourth-order valence-corrected chi connectivity index (χ4v) is 3.77. The zero-order valence-electron chi connectivity index (χ0n) is 19.0. The number of anilines is 1. The van der Waals surface area contributed by atoms with Crippen LogP contribution in [0.2, 0.25) is 10.0 Å². The molecule has 0 radical (unpaired) electrons. The first-order chi connectivity index (χ1) is 16.0. The molecule has 1 aliphatic heterocycles. The Hall–Kier alpha value is -2.98. The Labute approximate surface area is 205 Å². The molecule has 3 heterocycles. The number of halogens is 3. The van der Waals surface area contributed by atoms with Crippen molar-refractivity contribution in [2.45, 2.75) is 38.8 Å². The molecule has 34 heavy (non-hydrogen) atoms. The van der Waals surface area contributed by atoms with Gasteiger partial charge in [0, 0.05) is 20.1 Å². The number of hydrogen-bond acceptors (Lipinski definition) is 8. The van der Waals surface area contributed by atoms with E-state index in [2.05, 4.69) is 19.9 Å². The van der Waals surface area contributed by atoms with Gasteiger partial charge in [0.05, 0.1) is 22.3 Å². The number of ether oxygens (including phenoxy) is 2. The van der Waals surface area contributed by atoms with Crippen LogP contribution in [0.15, 0.2) is 24.7 Å². The van der Waals surface area contributed by atoms with Crippen LogP contribution in [0.1, 0.15) is 27.2 Å². The maximum Gasteiger partial charge on any atom is 0.410 e. The van der Waals surface area contributed by atoms with Gasteiger partial charge in [0.2, 0.25) is 11.8 Å². The van der Waals surface area contributed by atoms with Gasteiger partial charge in [-0.25, -0.2) is 24.1 Å². The summed E-state index contributed by atoms with van der Waals surface area (Å²) in [7, 11) is 1.84. The summed E-state index contributed by atoms with van der Waals surface area (Å²) in [6.07, 6.45) is 3.18. The second kappa shape index (κ2) is 9.34. The third-order valence-corrected chi connectivity index (χ3v) is 6.00. The van der Waals surface area contributed by atoms with E-state index in [-0.39, 0.29) is 33.8 Å². The van der Waals surface area contributed by atoms with Crippen molar-refractivity contribution in [3.8, 4) is 11.6 Å². The normalized spacial score (nSPS) is 16.1. The lowest BCUT2D eigenvalue weighted by molar-refractivity contribution is 0.0292. The van der Waals surface area contributed by atoms with Gasteiger partial charge >= 0.3 is 6.09 Å². The van der Waals surface area contributed by atoms with Gasteiger partial charge in [-0.15, -0.1) is 0 Å². The zero-order valence-corrected chi connectivity index (χ0v) is 20.6. The van der Waals surface area contributed by atoms with E-state index in [1.165, 1.54) is 24.7 Å². The number of carbonyl (C=O) groups excluding carboxylic acids is 1. The monoisotopic (exact) mass is 508 g/mol. The van der Waals surface area contributed by atoms with Crippen molar-refractivity contribution >= 4 is 46.3 Å². The molecule has 9 nitrogen and oxygen atoms in total. The van der Waals surface area contributed by atoms with Crippen LogP contribution in [0.4, 0.5) is 15.1 Å². The van der Waals surface area contributed by atoms with Crippen molar-refractivity contribution in [1.29, 1.82) is 0 Å². The molecular weight excluding hydrogens is 486 g/mol. The van der Waals surface area contributed by atoms with Gasteiger partial charge in [0.1, 0.15) is 17.4 Å². The van der Waals surface area contributed by atoms with Crippen LogP contribution in [0.5, 0.6) is 11.6 Å². The molecule has 0 bridgehead atoms. The lowest BCUT2D eigenvalue weighted by Gasteiger charge is -2.26. The quantitative estimate of drug-likeness (QED) is 0.449. The molecule has 12 heteroatoms. The molecular formula is C22H23Cl2FN6O3.